The summed E-state index contributed by atoms with van der Waals surface area (Å²) >= 11 is 0. The highest BCUT2D eigenvalue weighted by Crippen LogP contribution is 2.06. The van der Waals surface area contributed by atoms with Crippen LogP contribution in [0.1, 0.15) is 19.8 Å². The van der Waals surface area contributed by atoms with E-state index in [0.29, 0.717) is 25.7 Å². The third kappa shape index (κ3) is 7.26. The first kappa shape index (κ1) is 18.2. The fourth-order valence-electron chi connectivity index (χ4n) is 2.08. The molecule has 1 fully saturated rings. The Kier molecular flexibility index (Phi) is 8.97. The van der Waals surface area contributed by atoms with E-state index in [-0.39, 0.29) is 24.9 Å². The van der Waals surface area contributed by atoms with Crippen LogP contribution >= 0.6 is 0 Å². The van der Waals surface area contributed by atoms with Crippen LogP contribution in [0.25, 0.3) is 0 Å². The summed E-state index contributed by atoms with van der Waals surface area (Å²) in [5, 5.41) is 8.67. The maximum atomic E-state index is 12.0. The molecule has 1 aliphatic rings. The Morgan fingerprint density at radius 2 is 1.91 bits per heavy atom. The second kappa shape index (κ2) is 10.8. The monoisotopic (exact) mass is 313 g/mol. The molecule has 0 aliphatic carbocycles. The summed E-state index contributed by atoms with van der Waals surface area (Å²) in [6, 6.07) is 0. The number of nitrogens with one attached hydrogen (secondary N) is 3. The van der Waals surface area contributed by atoms with E-state index in [1.165, 1.54) is 0 Å². The van der Waals surface area contributed by atoms with Crippen molar-refractivity contribution in [2.45, 2.75) is 19.8 Å². The number of amides is 2. The van der Waals surface area contributed by atoms with E-state index in [9.17, 15) is 9.59 Å². The molecule has 3 N–H and O–H groups in total. The topological polar surface area (TPSA) is 95.1 Å². The maximum Gasteiger partial charge on any atom is 0.241 e. The van der Waals surface area contributed by atoms with Gasteiger partial charge in [0.25, 0.3) is 0 Å². The van der Waals surface area contributed by atoms with Crippen molar-refractivity contribution in [3.05, 3.63) is 0 Å². The van der Waals surface area contributed by atoms with Gasteiger partial charge in [0.2, 0.25) is 11.8 Å². The van der Waals surface area contributed by atoms with E-state index < -0.39 is 0 Å². The van der Waals surface area contributed by atoms with Crippen LogP contribution in [0.5, 0.6) is 0 Å². The minimum absolute atomic E-state index is 0.0109. The molecule has 0 spiro atoms. The Balaban J connectivity index is 2.34. The van der Waals surface area contributed by atoms with Gasteiger partial charge >= 0.3 is 0 Å². The molecular formula is C14H27N5O3. The Morgan fingerprint density at radius 1 is 1.18 bits per heavy atom. The molecule has 0 aromatic carbocycles. The molecular weight excluding hydrogens is 286 g/mol. The molecule has 8 nitrogen and oxygen atoms in total. The van der Waals surface area contributed by atoms with E-state index in [0.717, 1.165) is 25.9 Å². The summed E-state index contributed by atoms with van der Waals surface area (Å²) in [6.45, 7) is 5.38. The summed E-state index contributed by atoms with van der Waals surface area (Å²) in [5.74, 6) is 0.352. The molecule has 1 rings (SSSR count). The van der Waals surface area contributed by atoms with Crippen molar-refractivity contribution in [1.82, 2.24) is 20.9 Å². The zero-order valence-electron chi connectivity index (χ0n) is 13.5. The van der Waals surface area contributed by atoms with Gasteiger partial charge in [0.15, 0.2) is 5.96 Å². The lowest BCUT2D eigenvalue weighted by Crippen LogP contribution is -2.44. The van der Waals surface area contributed by atoms with E-state index in [4.69, 9.17) is 4.74 Å². The number of hydrogen-bond acceptors (Lipinski definition) is 4. The standard InChI is InChI=1S/C14H27N5O3/c1-3-15-14(17-10-12(20)16-6-9-22-2)18-11-13(21)19-7-4-5-8-19/h3-11H2,1-2H3,(H,16,20)(H2,15,17,18). The lowest BCUT2D eigenvalue weighted by molar-refractivity contribution is -0.128. The third-order valence-electron chi connectivity index (χ3n) is 3.22. The molecule has 2 amide bonds. The minimum atomic E-state index is -0.180. The zero-order valence-corrected chi connectivity index (χ0v) is 13.5. The van der Waals surface area contributed by atoms with Gasteiger partial charge in [-0.05, 0) is 19.8 Å². The number of methoxy groups -OCH3 is 1. The van der Waals surface area contributed by atoms with Crippen LogP contribution in [0, 0.1) is 0 Å². The summed E-state index contributed by atoms with van der Waals surface area (Å²) in [5.41, 5.74) is 0. The van der Waals surface area contributed by atoms with Gasteiger partial charge in [-0.25, -0.2) is 4.99 Å². The molecule has 0 aromatic heterocycles. The molecule has 8 heteroatoms. The molecule has 0 aromatic rings. The van der Waals surface area contributed by atoms with Gasteiger partial charge < -0.3 is 25.6 Å². The quantitative estimate of drug-likeness (QED) is 0.301. The largest absolute Gasteiger partial charge is 0.383 e. The highest BCUT2D eigenvalue weighted by Gasteiger charge is 2.17. The predicted octanol–water partition coefficient (Wildman–Crippen LogP) is -1.07. The normalized spacial score (nSPS) is 14.8. The SMILES string of the molecule is CCNC(=NCC(=O)NCCOC)NCC(=O)N1CCCC1. The Labute approximate surface area is 131 Å². The van der Waals surface area contributed by atoms with Crippen molar-refractivity contribution in [2.24, 2.45) is 4.99 Å². The number of carbonyl (C=O) groups is 2. The first-order chi connectivity index (χ1) is 10.7. The highest BCUT2D eigenvalue weighted by atomic mass is 16.5. The number of hydrogen-bond donors (Lipinski definition) is 3. The van der Waals surface area contributed by atoms with E-state index in [2.05, 4.69) is 20.9 Å². The molecule has 1 saturated heterocycles. The molecule has 0 saturated carbocycles. The average Bonchev–Trinajstić information content (AvgIpc) is 3.04. The molecule has 0 unspecified atom stereocenters. The van der Waals surface area contributed by atoms with Crippen LogP contribution in [0.4, 0.5) is 0 Å². The summed E-state index contributed by atoms with van der Waals surface area (Å²) in [6.07, 6.45) is 2.14. The molecule has 126 valence electrons. The fraction of sp³-hybridized carbons (Fsp3) is 0.786. The van der Waals surface area contributed by atoms with E-state index >= 15 is 0 Å². The van der Waals surface area contributed by atoms with E-state index in [1.54, 1.807) is 7.11 Å². The second-order valence-electron chi connectivity index (χ2n) is 4.98. The Hall–Kier alpha value is -1.83. The summed E-state index contributed by atoms with van der Waals surface area (Å²) < 4.78 is 4.85. The molecule has 0 bridgehead atoms. The van der Waals surface area contributed by atoms with Gasteiger partial charge in [-0.2, -0.15) is 0 Å². The lowest BCUT2D eigenvalue weighted by atomic mass is 10.4. The van der Waals surface area contributed by atoms with Crippen LogP contribution in [-0.2, 0) is 14.3 Å². The van der Waals surface area contributed by atoms with Gasteiger partial charge in [-0.15, -0.1) is 0 Å². The molecule has 0 radical (unpaired) electrons. The van der Waals surface area contributed by atoms with Gasteiger partial charge in [-0.1, -0.05) is 0 Å². The van der Waals surface area contributed by atoms with Crippen molar-refractivity contribution in [3.8, 4) is 0 Å². The smallest absolute Gasteiger partial charge is 0.241 e. The number of aliphatic imine (C=N–C) groups is 1. The Bertz CT molecular complexity index is 381. The van der Waals surface area contributed by atoms with Crippen LogP contribution in [0.2, 0.25) is 0 Å². The average molecular weight is 313 g/mol. The number of rotatable bonds is 8. The number of ether oxygens (including phenoxy) is 1. The predicted molar refractivity (Wildman–Crippen MR) is 84.7 cm³/mol. The summed E-state index contributed by atoms with van der Waals surface area (Å²) in [7, 11) is 1.58. The second-order valence-corrected chi connectivity index (χ2v) is 4.98. The van der Waals surface area contributed by atoms with Crippen molar-refractivity contribution in [1.29, 1.82) is 0 Å². The number of nitrogens with zero attached hydrogens (tertiary/aromatic N) is 2. The van der Waals surface area contributed by atoms with Crippen molar-refractivity contribution in [2.75, 3.05) is 53.0 Å². The maximum absolute atomic E-state index is 12.0. The minimum Gasteiger partial charge on any atom is -0.383 e. The highest BCUT2D eigenvalue weighted by molar-refractivity contribution is 5.88. The zero-order chi connectivity index (χ0) is 16.2. The van der Waals surface area contributed by atoms with Gasteiger partial charge in [0.05, 0.1) is 13.2 Å². The van der Waals surface area contributed by atoms with Gasteiger partial charge in [0, 0.05) is 33.3 Å². The number of carbonyl (C=O) groups excluding carboxylic acids is 2. The number of guanidine groups is 1. The molecule has 22 heavy (non-hydrogen) atoms. The van der Waals surface area contributed by atoms with Crippen molar-refractivity contribution >= 4 is 17.8 Å². The van der Waals surface area contributed by atoms with Crippen LogP contribution in [0.3, 0.4) is 0 Å². The fourth-order valence-corrected chi connectivity index (χ4v) is 2.08. The summed E-state index contributed by atoms with van der Waals surface area (Å²) in [4.78, 5) is 29.5. The van der Waals surface area contributed by atoms with Crippen LogP contribution < -0.4 is 16.0 Å². The Morgan fingerprint density at radius 3 is 2.55 bits per heavy atom. The van der Waals surface area contributed by atoms with Gasteiger partial charge in [-0.3, -0.25) is 9.59 Å². The third-order valence-corrected chi connectivity index (χ3v) is 3.22. The first-order valence-electron chi connectivity index (χ1n) is 7.73. The molecule has 1 aliphatic heterocycles. The van der Waals surface area contributed by atoms with Gasteiger partial charge in [0.1, 0.15) is 6.54 Å². The molecule has 1 heterocycles. The lowest BCUT2D eigenvalue weighted by Gasteiger charge is -2.17. The van der Waals surface area contributed by atoms with Crippen molar-refractivity contribution in [3.63, 3.8) is 0 Å². The van der Waals surface area contributed by atoms with Crippen LogP contribution in [0.15, 0.2) is 4.99 Å². The van der Waals surface area contributed by atoms with Crippen LogP contribution in [-0.4, -0.2) is 75.7 Å². The van der Waals surface area contributed by atoms with E-state index in [1.807, 2.05) is 11.8 Å². The first-order valence-corrected chi connectivity index (χ1v) is 7.73. The molecule has 0 atom stereocenters. The number of likely N-dealkylation sites (tertiary alicyclic amines) is 1. The van der Waals surface area contributed by atoms with Crippen molar-refractivity contribution < 1.29 is 14.3 Å².